The van der Waals surface area contributed by atoms with Crippen molar-refractivity contribution in [3.63, 3.8) is 0 Å². The zero-order valence-electron chi connectivity index (χ0n) is 21.7. The van der Waals surface area contributed by atoms with E-state index in [1.54, 1.807) is 11.3 Å². The van der Waals surface area contributed by atoms with E-state index in [2.05, 4.69) is 109 Å². The Morgan fingerprint density at radius 2 is 0.875 bits per heavy atom. The van der Waals surface area contributed by atoms with Crippen LogP contribution in [0.25, 0.3) is 64.7 Å². The highest BCUT2D eigenvalue weighted by molar-refractivity contribution is 7.27. The van der Waals surface area contributed by atoms with Gasteiger partial charge in [0, 0.05) is 25.6 Å². The Morgan fingerprint density at radius 1 is 0.400 bits per heavy atom. The molecule has 1 heterocycles. The van der Waals surface area contributed by atoms with Gasteiger partial charge in [0.15, 0.2) is 0 Å². The van der Waals surface area contributed by atoms with E-state index >= 15 is 0 Å². The van der Waals surface area contributed by atoms with E-state index in [9.17, 15) is 10.0 Å². The third-order valence-electron chi connectivity index (χ3n) is 7.48. The molecule has 0 saturated heterocycles. The van der Waals surface area contributed by atoms with Crippen molar-refractivity contribution >= 4 is 44.1 Å². The molecule has 2 nitrogen and oxygen atoms in total. The first-order chi connectivity index (χ1) is 19.6. The molecule has 0 radical (unpaired) electrons. The molecule has 40 heavy (non-hydrogen) atoms. The van der Waals surface area contributed by atoms with Crippen LogP contribution >= 0.6 is 11.3 Å². The Kier molecular flexibility index (Phi) is 6.29. The molecule has 190 valence electrons. The van der Waals surface area contributed by atoms with Crippen LogP contribution in [-0.2, 0) is 0 Å². The first-order valence-electron chi connectivity index (χ1n) is 13.3. The number of hydrogen-bond donors (Lipinski definition) is 2. The molecule has 0 amide bonds. The SMILES string of the molecule is OB(O)c1cc(-c2cccc(-c3ccccc3)c2)cc2c1sc1ccc(-c3cccc(-c4ccccc4)c3)cc12. The second-order valence-corrected chi connectivity index (χ2v) is 11.1. The summed E-state index contributed by atoms with van der Waals surface area (Å²) in [5.41, 5.74) is 9.46. The summed E-state index contributed by atoms with van der Waals surface area (Å²) in [5, 5.41) is 22.9. The summed E-state index contributed by atoms with van der Waals surface area (Å²) in [4.78, 5) is 0. The van der Waals surface area contributed by atoms with Crippen LogP contribution in [-0.4, -0.2) is 17.2 Å². The molecule has 0 spiro atoms. The fraction of sp³-hybridized carbons (Fsp3) is 0. The van der Waals surface area contributed by atoms with Gasteiger partial charge in [0.05, 0.1) is 0 Å². The van der Waals surface area contributed by atoms with Crippen molar-refractivity contribution in [1.29, 1.82) is 0 Å². The van der Waals surface area contributed by atoms with Gasteiger partial charge in [-0.25, -0.2) is 0 Å². The van der Waals surface area contributed by atoms with E-state index in [1.165, 1.54) is 11.1 Å². The topological polar surface area (TPSA) is 40.5 Å². The van der Waals surface area contributed by atoms with Gasteiger partial charge >= 0.3 is 7.12 Å². The third-order valence-corrected chi connectivity index (χ3v) is 8.72. The molecule has 1 aromatic heterocycles. The highest BCUT2D eigenvalue weighted by Crippen LogP contribution is 2.39. The van der Waals surface area contributed by atoms with Crippen molar-refractivity contribution in [1.82, 2.24) is 0 Å². The maximum Gasteiger partial charge on any atom is 0.489 e. The zero-order chi connectivity index (χ0) is 27.1. The van der Waals surface area contributed by atoms with E-state index in [4.69, 9.17) is 0 Å². The minimum absolute atomic E-state index is 0.534. The molecule has 2 N–H and O–H groups in total. The molecule has 0 aliphatic rings. The Balaban J connectivity index is 1.38. The van der Waals surface area contributed by atoms with Crippen LogP contribution in [0.5, 0.6) is 0 Å². The Hall–Kier alpha value is -4.48. The van der Waals surface area contributed by atoms with Crippen LogP contribution in [0.2, 0.25) is 0 Å². The minimum atomic E-state index is -1.56. The van der Waals surface area contributed by atoms with Gasteiger partial charge in [0.25, 0.3) is 0 Å². The minimum Gasteiger partial charge on any atom is -0.423 e. The van der Waals surface area contributed by atoms with Gasteiger partial charge in [-0.05, 0) is 74.8 Å². The van der Waals surface area contributed by atoms with Crippen LogP contribution < -0.4 is 5.46 Å². The quantitative estimate of drug-likeness (QED) is 0.219. The van der Waals surface area contributed by atoms with E-state index < -0.39 is 7.12 Å². The summed E-state index contributed by atoms with van der Waals surface area (Å²) in [5.74, 6) is 0. The standard InChI is InChI=1S/C36H25BO2S/c38-37(39)34-23-31(29-16-8-14-27(20-29)25-11-5-2-6-12-25)22-33-32-21-30(17-18-35(32)40-36(33)34)28-15-7-13-26(19-28)24-9-3-1-4-10-24/h1-23,38-39H. The van der Waals surface area contributed by atoms with Crippen molar-refractivity contribution in [2.24, 2.45) is 0 Å². The van der Waals surface area contributed by atoms with Crippen LogP contribution in [0, 0.1) is 0 Å². The Morgan fingerprint density at radius 3 is 1.45 bits per heavy atom. The largest absolute Gasteiger partial charge is 0.489 e. The lowest BCUT2D eigenvalue weighted by atomic mass is 9.78. The Bertz CT molecular complexity index is 1980. The van der Waals surface area contributed by atoms with E-state index in [1.807, 2.05) is 30.3 Å². The third kappa shape index (κ3) is 4.53. The molecule has 0 bridgehead atoms. The molecule has 0 atom stereocenters. The van der Waals surface area contributed by atoms with Gasteiger partial charge in [-0.2, -0.15) is 0 Å². The number of rotatable bonds is 5. The summed E-state index contributed by atoms with van der Waals surface area (Å²) in [6.07, 6.45) is 0. The van der Waals surface area contributed by atoms with Gasteiger partial charge < -0.3 is 10.0 Å². The summed E-state index contributed by atoms with van der Waals surface area (Å²) in [6, 6.07) is 48.4. The molecular weight excluding hydrogens is 507 g/mol. The molecule has 0 aliphatic carbocycles. The average Bonchev–Trinajstić information content (AvgIpc) is 3.39. The van der Waals surface area contributed by atoms with Crippen molar-refractivity contribution in [3.05, 3.63) is 140 Å². The van der Waals surface area contributed by atoms with Gasteiger partial charge in [-0.15, -0.1) is 11.3 Å². The van der Waals surface area contributed by atoms with Gasteiger partial charge in [-0.1, -0.05) is 109 Å². The van der Waals surface area contributed by atoms with Crippen LogP contribution in [0.3, 0.4) is 0 Å². The van der Waals surface area contributed by atoms with Crippen molar-refractivity contribution in [3.8, 4) is 44.5 Å². The van der Waals surface area contributed by atoms with Crippen LogP contribution in [0.1, 0.15) is 0 Å². The monoisotopic (exact) mass is 532 g/mol. The molecule has 6 aromatic carbocycles. The average molecular weight is 532 g/mol. The predicted octanol–water partition coefficient (Wildman–Crippen LogP) is 8.40. The van der Waals surface area contributed by atoms with Gasteiger partial charge in [0.1, 0.15) is 0 Å². The van der Waals surface area contributed by atoms with Gasteiger partial charge in [0.2, 0.25) is 0 Å². The summed E-state index contributed by atoms with van der Waals surface area (Å²) in [6.45, 7) is 0. The maximum atomic E-state index is 10.4. The second-order valence-electron chi connectivity index (χ2n) is 10.0. The molecule has 4 heteroatoms. The van der Waals surface area contributed by atoms with Gasteiger partial charge in [-0.3, -0.25) is 0 Å². The molecule has 7 rings (SSSR count). The van der Waals surface area contributed by atoms with Crippen molar-refractivity contribution in [2.75, 3.05) is 0 Å². The molecule has 0 fully saturated rings. The normalized spacial score (nSPS) is 11.2. The number of hydrogen-bond acceptors (Lipinski definition) is 3. The fourth-order valence-electron chi connectivity index (χ4n) is 5.46. The summed E-state index contributed by atoms with van der Waals surface area (Å²) >= 11 is 1.60. The van der Waals surface area contributed by atoms with Crippen LogP contribution in [0.4, 0.5) is 0 Å². The Labute approximate surface area is 237 Å². The van der Waals surface area contributed by atoms with E-state index in [-0.39, 0.29) is 0 Å². The predicted molar refractivity (Wildman–Crippen MR) is 171 cm³/mol. The number of fused-ring (bicyclic) bond motifs is 3. The summed E-state index contributed by atoms with van der Waals surface area (Å²) < 4.78 is 2.03. The lowest BCUT2D eigenvalue weighted by Gasteiger charge is -2.10. The first kappa shape index (κ1) is 24.6. The fourth-order valence-corrected chi connectivity index (χ4v) is 6.66. The molecular formula is C36H25BO2S. The molecule has 0 saturated carbocycles. The molecule has 0 aliphatic heterocycles. The summed E-state index contributed by atoms with van der Waals surface area (Å²) in [7, 11) is -1.56. The zero-order valence-corrected chi connectivity index (χ0v) is 22.5. The lowest BCUT2D eigenvalue weighted by molar-refractivity contribution is 0.426. The highest BCUT2D eigenvalue weighted by atomic mass is 32.1. The number of benzene rings is 6. The highest BCUT2D eigenvalue weighted by Gasteiger charge is 2.20. The van der Waals surface area contributed by atoms with Crippen molar-refractivity contribution in [2.45, 2.75) is 0 Å². The number of thiophene rings is 1. The first-order valence-corrected chi connectivity index (χ1v) is 14.1. The van der Waals surface area contributed by atoms with E-state index in [0.29, 0.717) is 5.46 Å². The maximum absolute atomic E-state index is 10.4. The smallest absolute Gasteiger partial charge is 0.423 e. The second kappa shape index (κ2) is 10.3. The van der Waals surface area contributed by atoms with Crippen LogP contribution in [0.15, 0.2) is 140 Å². The lowest BCUT2D eigenvalue weighted by Crippen LogP contribution is -2.30. The molecule has 0 unspecified atom stereocenters. The molecule has 7 aromatic rings. The van der Waals surface area contributed by atoms with Crippen molar-refractivity contribution < 1.29 is 10.0 Å². The van der Waals surface area contributed by atoms with E-state index in [0.717, 1.165) is 53.6 Å².